The van der Waals surface area contributed by atoms with Crippen LogP contribution in [0.5, 0.6) is 0 Å². The van der Waals surface area contributed by atoms with Gasteiger partial charge in [0.15, 0.2) is 6.04 Å². The van der Waals surface area contributed by atoms with Crippen LogP contribution in [-0.4, -0.2) is 27.3 Å². The molecule has 2 heterocycles. The number of cyclic esters (lactones) is 1. The van der Waals surface area contributed by atoms with E-state index in [2.05, 4.69) is 26.0 Å². The molecule has 0 bridgehead atoms. The van der Waals surface area contributed by atoms with Crippen LogP contribution in [0.1, 0.15) is 12.5 Å². The Kier molecular flexibility index (Phi) is 1.84. The van der Waals surface area contributed by atoms with Gasteiger partial charge in [-0.2, -0.15) is 0 Å². The molecule has 0 unspecified atom stereocenters. The number of rotatable bonds is 1. The van der Waals surface area contributed by atoms with E-state index in [0.29, 0.717) is 17.8 Å². The van der Waals surface area contributed by atoms with E-state index in [0.717, 1.165) is 0 Å². The lowest BCUT2D eigenvalue weighted by molar-refractivity contribution is -0.140. The molecular weight excluding hydrogens is 226 g/mol. The van der Waals surface area contributed by atoms with Crippen molar-refractivity contribution in [2.45, 2.75) is 12.5 Å². The number of nitrogens with zero attached hydrogens (tertiary/aromatic N) is 3. The molecule has 6 heteroatoms. The molecule has 0 N–H and O–H groups in total. The summed E-state index contributed by atoms with van der Waals surface area (Å²) < 4.78 is 6.79. The second-order valence-corrected chi connectivity index (χ2v) is 3.17. The molecule has 1 aromatic rings. The van der Waals surface area contributed by atoms with Crippen LogP contribution in [0.25, 0.3) is 0 Å². The molecule has 0 spiro atoms. The number of ether oxygens (including phenoxy) is 1. The highest BCUT2D eigenvalue weighted by Crippen LogP contribution is 2.19. The van der Waals surface area contributed by atoms with E-state index < -0.39 is 0 Å². The van der Waals surface area contributed by atoms with Crippen LogP contribution in [0, 0.1) is 0 Å². The minimum atomic E-state index is -0.288. The normalized spacial score (nSPS) is 22.8. The zero-order chi connectivity index (χ0) is 8.55. The summed E-state index contributed by atoms with van der Waals surface area (Å²) in [5.74, 6) is -0.229. The van der Waals surface area contributed by atoms with Crippen molar-refractivity contribution in [2.24, 2.45) is 0 Å². The first-order valence-electron chi connectivity index (χ1n) is 3.50. The van der Waals surface area contributed by atoms with Crippen LogP contribution >= 0.6 is 15.9 Å². The Morgan fingerprint density at radius 2 is 2.58 bits per heavy atom. The van der Waals surface area contributed by atoms with Gasteiger partial charge < -0.3 is 4.74 Å². The zero-order valence-corrected chi connectivity index (χ0v) is 7.69. The Morgan fingerprint density at radius 1 is 1.75 bits per heavy atom. The van der Waals surface area contributed by atoms with Gasteiger partial charge in [-0.3, -0.25) is 0 Å². The Bertz CT molecular complexity index is 311. The molecule has 64 valence electrons. The monoisotopic (exact) mass is 231 g/mol. The average molecular weight is 232 g/mol. The Balaban J connectivity index is 2.24. The number of carbonyl (C=O) groups is 1. The van der Waals surface area contributed by atoms with Crippen LogP contribution in [0.3, 0.4) is 0 Å². The van der Waals surface area contributed by atoms with Gasteiger partial charge in [0.05, 0.1) is 6.61 Å². The predicted molar refractivity (Wildman–Crippen MR) is 42.3 cm³/mol. The van der Waals surface area contributed by atoms with Crippen molar-refractivity contribution in [3.63, 3.8) is 0 Å². The van der Waals surface area contributed by atoms with Gasteiger partial charge in [0, 0.05) is 6.42 Å². The van der Waals surface area contributed by atoms with Gasteiger partial charge in [0.25, 0.3) is 0 Å². The topological polar surface area (TPSA) is 57.0 Å². The van der Waals surface area contributed by atoms with Crippen LogP contribution in [0.15, 0.2) is 11.1 Å². The quantitative estimate of drug-likeness (QED) is 0.662. The fourth-order valence-electron chi connectivity index (χ4n) is 1.13. The van der Waals surface area contributed by atoms with E-state index in [-0.39, 0.29) is 12.0 Å². The highest BCUT2D eigenvalue weighted by molar-refractivity contribution is 9.10. The standard InChI is InChI=1S/C6H6BrN3O2/c7-6-8-3-10(9-6)4-1-2-12-5(4)11/h3-4H,1-2H2/t4-/m0/s1. The highest BCUT2D eigenvalue weighted by Gasteiger charge is 2.28. The van der Waals surface area contributed by atoms with Crippen molar-refractivity contribution >= 4 is 21.9 Å². The van der Waals surface area contributed by atoms with E-state index in [1.807, 2.05) is 0 Å². The first-order chi connectivity index (χ1) is 5.77. The lowest BCUT2D eigenvalue weighted by Crippen LogP contribution is -2.14. The minimum absolute atomic E-state index is 0.229. The number of esters is 1. The van der Waals surface area contributed by atoms with Crippen molar-refractivity contribution in [2.75, 3.05) is 6.61 Å². The summed E-state index contributed by atoms with van der Waals surface area (Å²) in [4.78, 5) is 14.9. The number of aromatic nitrogens is 3. The van der Waals surface area contributed by atoms with Gasteiger partial charge in [-0.25, -0.2) is 14.5 Å². The minimum Gasteiger partial charge on any atom is -0.464 e. The third-order valence-electron chi connectivity index (χ3n) is 1.71. The summed E-state index contributed by atoms with van der Waals surface area (Å²) in [5, 5.41) is 3.96. The predicted octanol–water partition coefficient (Wildman–Crippen LogP) is 0.529. The molecular formula is C6H6BrN3O2. The number of halogens is 1. The lowest BCUT2D eigenvalue weighted by Gasteiger charge is -2.02. The van der Waals surface area contributed by atoms with Crippen LogP contribution in [0.2, 0.25) is 0 Å². The van der Waals surface area contributed by atoms with Crippen molar-refractivity contribution < 1.29 is 9.53 Å². The molecule has 1 aliphatic rings. The molecule has 5 nitrogen and oxygen atoms in total. The fraction of sp³-hybridized carbons (Fsp3) is 0.500. The van der Waals surface area contributed by atoms with Gasteiger partial charge in [-0.1, -0.05) is 0 Å². The van der Waals surface area contributed by atoms with Gasteiger partial charge in [-0.05, 0) is 15.9 Å². The third kappa shape index (κ3) is 1.22. The van der Waals surface area contributed by atoms with E-state index in [1.54, 1.807) is 0 Å². The molecule has 1 atom stereocenters. The van der Waals surface area contributed by atoms with E-state index in [9.17, 15) is 4.79 Å². The second-order valence-electron chi connectivity index (χ2n) is 2.47. The lowest BCUT2D eigenvalue weighted by atomic mass is 10.3. The molecule has 0 aromatic carbocycles. The van der Waals surface area contributed by atoms with Gasteiger partial charge >= 0.3 is 5.97 Å². The Hall–Kier alpha value is -0.910. The number of hydrogen-bond acceptors (Lipinski definition) is 4. The molecule has 12 heavy (non-hydrogen) atoms. The Morgan fingerprint density at radius 3 is 3.08 bits per heavy atom. The molecule has 0 saturated carbocycles. The van der Waals surface area contributed by atoms with Gasteiger partial charge in [0.1, 0.15) is 6.33 Å². The summed E-state index contributed by atoms with van der Waals surface area (Å²) >= 11 is 3.10. The van der Waals surface area contributed by atoms with Crippen LogP contribution in [-0.2, 0) is 9.53 Å². The molecule has 2 rings (SSSR count). The molecule has 0 amide bonds. The highest BCUT2D eigenvalue weighted by atomic mass is 79.9. The molecule has 1 fully saturated rings. The summed E-state index contributed by atoms with van der Waals surface area (Å²) in [6.45, 7) is 0.473. The third-order valence-corrected chi connectivity index (χ3v) is 2.07. The molecule has 1 aromatic heterocycles. The fourth-order valence-corrected chi connectivity index (χ4v) is 1.40. The van der Waals surface area contributed by atoms with Crippen molar-refractivity contribution in [1.82, 2.24) is 14.8 Å². The number of hydrogen-bond donors (Lipinski definition) is 0. The smallest absolute Gasteiger partial charge is 0.331 e. The zero-order valence-electron chi connectivity index (χ0n) is 6.11. The van der Waals surface area contributed by atoms with Crippen molar-refractivity contribution in [1.29, 1.82) is 0 Å². The molecule has 0 radical (unpaired) electrons. The molecule has 1 saturated heterocycles. The second kappa shape index (κ2) is 2.85. The van der Waals surface area contributed by atoms with Crippen LogP contribution in [0.4, 0.5) is 0 Å². The van der Waals surface area contributed by atoms with E-state index in [1.165, 1.54) is 11.0 Å². The summed E-state index contributed by atoms with van der Waals surface area (Å²) in [6, 6.07) is -0.288. The van der Waals surface area contributed by atoms with Gasteiger partial charge in [0.2, 0.25) is 4.73 Å². The van der Waals surface area contributed by atoms with Gasteiger partial charge in [-0.15, -0.1) is 5.10 Å². The maximum Gasteiger partial charge on any atom is 0.331 e. The van der Waals surface area contributed by atoms with Crippen molar-refractivity contribution in [3.05, 3.63) is 11.1 Å². The molecule has 0 aliphatic carbocycles. The average Bonchev–Trinajstić information content (AvgIpc) is 2.58. The molecule has 1 aliphatic heterocycles. The summed E-state index contributed by atoms with van der Waals surface area (Å²) in [7, 11) is 0. The van der Waals surface area contributed by atoms with Crippen molar-refractivity contribution in [3.8, 4) is 0 Å². The summed E-state index contributed by atoms with van der Waals surface area (Å²) in [5.41, 5.74) is 0. The van der Waals surface area contributed by atoms with E-state index >= 15 is 0 Å². The van der Waals surface area contributed by atoms with Crippen LogP contribution < -0.4 is 0 Å². The SMILES string of the molecule is O=C1OCC[C@@H]1n1cnc(Br)n1. The Labute approximate surface area is 76.9 Å². The number of carbonyl (C=O) groups excluding carboxylic acids is 1. The largest absolute Gasteiger partial charge is 0.464 e. The maximum absolute atomic E-state index is 11.1. The first-order valence-corrected chi connectivity index (χ1v) is 4.30. The first kappa shape index (κ1) is 7.72. The summed E-state index contributed by atoms with van der Waals surface area (Å²) in [6.07, 6.45) is 2.19. The van der Waals surface area contributed by atoms with E-state index in [4.69, 9.17) is 4.74 Å². The maximum atomic E-state index is 11.1.